The SMILES string of the molecule is C=CCSc1nnc(NC(=O)c2cc(Cl)c(OCCCC)c(Cl)c2)s1. The van der Waals surface area contributed by atoms with Gasteiger partial charge in [-0.3, -0.25) is 10.1 Å². The molecule has 1 heterocycles. The summed E-state index contributed by atoms with van der Waals surface area (Å²) >= 11 is 15.2. The van der Waals surface area contributed by atoms with Crippen LogP contribution in [-0.4, -0.2) is 28.5 Å². The number of halogens is 2. The number of anilines is 1. The van der Waals surface area contributed by atoms with Crippen LogP contribution in [0.25, 0.3) is 0 Å². The van der Waals surface area contributed by atoms with Crippen LogP contribution in [0.15, 0.2) is 29.1 Å². The molecule has 0 aliphatic carbocycles. The minimum Gasteiger partial charge on any atom is -0.490 e. The van der Waals surface area contributed by atoms with Gasteiger partial charge < -0.3 is 4.74 Å². The monoisotopic (exact) mass is 417 g/mol. The van der Waals surface area contributed by atoms with Crippen molar-refractivity contribution in [3.8, 4) is 5.75 Å². The van der Waals surface area contributed by atoms with Gasteiger partial charge in [0, 0.05) is 11.3 Å². The van der Waals surface area contributed by atoms with Crippen molar-refractivity contribution < 1.29 is 9.53 Å². The molecule has 0 bridgehead atoms. The number of unbranched alkanes of at least 4 members (excludes halogenated alkanes) is 1. The molecular weight excluding hydrogens is 401 g/mol. The highest BCUT2D eigenvalue weighted by atomic mass is 35.5. The molecule has 0 saturated carbocycles. The quantitative estimate of drug-likeness (QED) is 0.250. The smallest absolute Gasteiger partial charge is 0.257 e. The van der Waals surface area contributed by atoms with E-state index in [9.17, 15) is 4.79 Å². The Balaban J connectivity index is 2.06. The first-order valence-electron chi connectivity index (χ1n) is 7.55. The minimum absolute atomic E-state index is 0.299. The van der Waals surface area contributed by atoms with E-state index in [1.165, 1.54) is 35.2 Å². The van der Waals surface area contributed by atoms with E-state index < -0.39 is 0 Å². The Morgan fingerprint density at radius 2 is 2.12 bits per heavy atom. The van der Waals surface area contributed by atoms with Gasteiger partial charge in [0.25, 0.3) is 5.91 Å². The first-order chi connectivity index (χ1) is 12.0. The van der Waals surface area contributed by atoms with E-state index >= 15 is 0 Å². The van der Waals surface area contributed by atoms with Crippen molar-refractivity contribution in [3.63, 3.8) is 0 Å². The number of amides is 1. The van der Waals surface area contributed by atoms with Crippen LogP contribution in [0.1, 0.15) is 30.1 Å². The van der Waals surface area contributed by atoms with Gasteiger partial charge in [0.15, 0.2) is 10.1 Å². The highest BCUT2D eigenvalue weighted by Crippen LogP contribution is 2.35. The molecule has 1 aromatic carbocycles. The Morgan fingerprint density at radius 1 is 1.40 bits per heavy atom. The van der Waals surface area contributed by atoms with Crippen molar-refractivity contribution in [2.24, 2.45) is 0 Å². The van der Waals surface area contributed by atoms with Gasteiger partial charge in [-0.1, -0.05) is 65.7 Å². The summed E-state index contributed by atoms with van der Waals surface area (Å²) in [5, 5.41) is 11.6. The highest BCUT2D eigenvalue weighted by Gasteiger charge is 2.16. The molecule has 2 aromatic rings. The van der Waals surface area contributed by atoms with Crippen LogP contribution in [0.3, 0.4) is 0 Å². The number of rotatable bonds is 9. The maximum absolute atomic E-state index is 12.4. The predicted molar refractivity (Wildman–Crippen MR) is 106 cm³/mol. The van der Waals surface area contributed by atoms with Gasteiger partial charge in [-0.05, 0) is 18.6 Å². The lowest BCUT2D eigenvalue weighted by Gasteiger charge is -2.11. The van der Waals surface area contributed by atoms with E-state index in [4.69, 9.17) is 27.9 Å². The maximum atomic E-state index is 12.4. The summed E-state index contributed by atoms with van der Waals surface area (Å²) in [6.45, 7) is 6.24. The number of carbonyl (C=O) groups is 1. The number of thioether (sulfide) groups is 1. The van der Waals surface area contributed by atoms with E-state index in [1.807, 2.05) is 0 Å². The molecule has 5 nitrogen and oxygen atoms in total. The second kappa shape index (κ2) is 10.0. The van der Waals surface area contributed by atoms with Gasteiger partial charge >= 0.3 is 0 Å². The molecule has 0 aliphatic heterocycles. The van der Waals surface area contributed by atoms with Crippen molar-refractivity contribution in [3.05, 3.63) is 40.4 Å². The molecular formula is C16H17Cl2N3O2S2. The molecule has 0 radical (unpaired) electrons. The van der Waals surface area contributed by atoms with E-state index in [1.54, 1.807) is 6.08 Å². The molecule has 25 heavy (non-hydrogen) atoms. The lowest BCUT2D eigenvalue weighted by atomic mass is 10.2. The zero-order chi connectivity index (χ0) is 18.2. The summed E-state index contributed by atoms with van der Waals surface area (Å²) in [7, 11) is 0. The molecule has 9 heteroatoms. The average Bonchev–Trinajstić information content (AvgIpc) is 3.02. The molecule has 0 fully saturated rings. The summed E-state index contributed by atoms with van der Waals surface area (Å²) in [4.78, 5) is 12.4. The summed E-state index contributed by atoms with van der Waals surface area (Å²) in [6.07, 6.45) is 3.68. The number of nitrogens with zero attached hydrogens (tertiary/aromatic N) is 2. The van der Waals surface area contributed by atoms with Crippen LogP contribution >= 0.6 is 46.3 Å². The Bertz CT molecular complexity index is 730. The number of hydrogen-bond donors (Lipinski definition) is 1. The number of ether oxygens (including phenoxy) is 1. The van der Waals surface area contributed by atoms with E-state index in [2.05, 4.69) is 29.0 Å². The van der Waals surface area contributed by atoms with Crippen LogP contribution in [0, 0.1) is 0 Å². The molecule has 1 amide bonds. The van der Waals surface area contributed by atoms with Crippen LogP contribution in [0.4, 0.5) is 5.13 Å². The Morgan fingerprint density at radius 3 is 2.76 bits per heavy atom. The van der Waals surface area contributed by atoms with Gasteiger partial charge in [-0.2, -0.15) is 0 Å². The molecule has 1 N–H and O–H groups in total. The fraction of sp³-hybridized carbons (Fsp3) is 0.312. The standard InChI is InChI=1S/C16H17Cl2N3O2S2/c1-3-5-6-23-13-11(17)8-10(9-12(13)18)14(22)19-15-20-21-16(25-15)24-7-4-2/h4,8-9H,2-3,5-7H2,1H3,(H,19,20,22). The van der Waals surface area contributed by atoms with Gasteiger partial charge in [0.2, 0.25) is 5.13 Å². The van der Waals surface area contributed by atoms with Crippen LogP contribution in [0.2, 0.25) is 10.0 Å². The lowest BCUT2D eigenvalue weighted by molar-refractivity contribution is 0.102. The zero-order valence-electron chi connectivity index (χ0n) is 13.6. The molecule has 0 atom stereocenters. The van der Waals surface area contributed by atoms with Crippen molar-refractivity contribution >= 4 is 57.3 Å². The second-order valence-electron chi connectivity index (χ2n) is 4.90. The Labute approximate surface area is 164 Å². The Hall–Kier alpha value is -1.28. The van der Waals surface area contributed by atoms with Crippen LogP contribution in [-0.2, 0) is 0 Å². The number of carbonyl (C=O) groups excluding carboxylic acids is 1. The predicted octanol–water partition coefficient (Wildman–Crippen LogP) is 5.55. The van der Waals surface area contributed by atoms with E-state index in [0.29, 0.717) is 33.1 Å². The van der Waals surface area contributed by atoms with Crippen molar-refractivity contribution in [1.82, 2.24) is 10.2 Å². The van der Waals surface area contributed by atoms with Gasteiger partial charge in [0.05, 0.1) is 16.7 Å². The summed E-state index contributed by atoms with van der Waals surface area (Å²) in [5.74, 6) is 0.764. The average molecular weight is 418 g/mol. The number of aromatic nitrogens is 2. The normalized spacial score (nSPS) is 10.5. The lowest BCUT2D eigenvalue weighted by Crippen LogP contribution is -2.12. The number of hydrogen-bond acceptors (Lipinski definition) is 6. The van der Waals surface area contributed by atoms with Gasteiger partial charge in [-0.25, -0.2) is 0 Å². The second-order valence-corrected chi connectivity index (χ2v) is 7.96. The molecule has 1 aromatic heterocycles. The minimum atomic E-state index is -0.361. The fourth-order valence-electron chi connectivity index (χ4n) is 1.77. The number of nitrogens with one attached hydrogen (secondary N) is 1. The summed E-state index contributed by atoms with van der Waals surface area (Å²) in [5.41, 5.74) is 0.327. The first kappa shape index (κ1) is 20.0. The maximum Gasteiger partial charge on any atom is 0.257 e. The molecule has 0 spiro atoms. The molecule has 2 rings (SSSR count). The van der Waals surface area contributed by atoms with Crippen LogP contribution < -0.4 is 10.1 Å². The topological polar surface area (TPSA) is 64.1 Å². The molecule has 134 valence electrons. The summed E-state index contributed by atoms with van der Waals surface area (Å²) in [6, 6.07) is 3.05. The van der Waals surface area contributed by atoms with Gasteiger partial charge in [-0.15, -0.1) is 16.8 Å². The number of benzene rings is 1. The third-order valence-corrected chi connectivity index (χ3v) is 5.49. The molecule has 0 unspecified atom stereocenters. The van der Waals surface area contributed by atoms with Gasteiger partial charge in [0.1, 0.15) is 0 Å². The molecule has 0 saturated heterocycles. The van der Waals surface area contributed by atoms with Crippen LogP contribution in [0.5, 0.6) is 5.75 Å². The fourth-order valence-corrected chi connectivity index (χ4v) is 3.87. The van der Waals surface area contributed by atoms with Crippen molar-refractivity contribution in [1.29, 1.82) is 0 Å². The summed E-state index contributed by atoms with van der Waals surface area (Å²) < 4.78 is 6.33. The Kier molecular flexibility index (Phi) is 8.02. The van der Waals surface area contributed by atoms with E-state index in [-0.39, 0.29) is 5.91 Å². The first-order valence-corrected chi connectivity index (χ1v) is 10.1. The highest BCUT2D eigenvalue weighted by molar-refractivity contribution is 8.01. The largest absolute Gasteiger partial charge is 0.490 e. The molecule has 0 aliphatic rings. The third kappa shape index (κ3) is 5.88. The van der Waals surface area contributed by atoms with Crippen molar-refractivity contribution in [2.45, 2.75) is 24.1 Å². The van der Waals surface area contributed by atoms with E-state index in [0.717, 1.165) is 22.9 Å². The zero-order valence-corrected chi connectivity index (χ0v) is 16.7. The third-order valence-electron chi connectivity index (χ3n) is 2.96. The van der Waals surface area contributed by atoms with Crippen molar-refractivity contribution in [2.75, 3.05) is 17.7 Å².